The first-order valence-corrected chi connectivity index (χ1v) is 7.12. The molecular formula is C15H16Cl2N2O. The molecule has 106 valence electrons. The van der Waals surface area contributed by atoms with Gasteiger partial charge in [0.1, 0.15) is 10.8 Å². The molecule has 1 aromatic carbocycles. The largest absolute Gasteiger partial charge is 0.436 e. The van der Waals surface area contributed by atoms with E-state index in [1.54, 1.807) is 18.3 Å². The Bertz CT molecular complexity index is 588. The van der Waals surface area contributed by atoms with Crippen LogP contribution in [0, 0.1) is 0 Å². The smallest absolute Gasteiger partial charge is 0.238 e. The molecule has 0 spiro atoms. The summed E-state index contributed by atoms with van der Waals surface area (Å²) in [6, 6.07) is 9.46. The maximum absolute atomic E-state index is 6.19. The minimum absolute atomic E-state index is 0.355. The van der Waals surface area contributed by atoms with Crippen LogP contribution in [0.4, 0.5) is 0 Å². The number of para-hydroxylation sites is 1. The van der Waals surface area contributed by atoms with E-state index in [4.69, 9.17) is 27.9 Å². The standard InChI is InChI=1S/C15H16Cl2N2O/c1-10(2)18-8-11-7-13(17)15(19-9-11)20-14-6-4-3-5-12(14)16/h3-7,9-10,18H,8H2,1-2H3. The van der Waals surface area contributed by atoms with Crippen molar-refractivity contribution in [2.24, 2.45) is 0 Å². The highest BCUT2D eigenvalue weighted by Crippen LogP contribution is 2.31. The average molecular weight is 311 g/mol. The first-order chi connectivity index (χ1) is 9.56. The van der Waals surface area contributed by atoms with Gasteiger partial charge < -0.3 is 10.1 Å². The van der Waals surface area contributed by atoms with Gasteiger partial charge >= 0.3 is 0 Å². The van der Waals surface area contributed by atoms with Crippen molar-refractivity contribution in [3.63, 3.8) is 0 Å². The fourth-order valence-corrected chi connectivity index (χ4v) is 1.99. The van der Waals surface area contributed by atoms with E-state index < -0.39 is 0 Å². The molecule has 0 saturated heterocycles. The summed E-state index contributed by atoms with van der Waals surface area (Å²) in [5.41, 5.74) is 1.01. The van der Waals surface area contributed by atoms with Gasteiger partial charge in [-0.1, -0.05) is 49.2 Å². The van der Waals surface area contributed by atoms with Crippen LogP contribution < -0.4 is 10.1 Å². The van der Waals surface area contributed by atoms with Crippen molar-refractivity contribution < 1.29 is 4.74 Å². The Morgan fingerprint density at radius 1 is 1.20 bits per heavy atom. The predicted octanol–water partition coefficient (Wildman–Crippen LogP) is 4.68. The molecule has 0 fully saturated rings. The lowest BCUT2D eigenvalue weighted by Crippen LogP contribution is -2.21. The van der Waals surface area contributed by atoms with E-state index in [1.165, 1.54) is 0 Å². The van der Waals surface area contributed by atoms with Crippen molar-refractivity contribution in [3.05, 3.63) is 52.1 Å². The molecule has 1 aromatic heterocycles. The van der Waals surface area contributed by atoms with Crippen LogP contribution >= 0.6 is 23.2 Å². The van der Waals surface area contributed by atoms with Gasteiger partial charge in [0.25, 0.3) is 0 Å². The lowest BCUT2D eigenvalue weighted by Gasteiger charge is -2.11. The first kappa shape index (κ1) is 15.1. The summed E-state index contributed by atoms with van der Waals surface area (Å²) < 4.78 is 5.63. The quantitative estimate of drug-likeness (QED) is 0.870. The predicted molar refractivity (Wildman–Crippen MR) is 82.7 cm³/mol. The molecule has 0 unspecified atom stereocenters. The van der Waals surface area contributed by atoms with Crippen molar-refractivity contribution in [3.8, 4) is 11.6 Å². The van der Waals surface area contributed by atoms with E-state index >= 15 is 0 Å². The van der Waals surface area contributed by atoms with Crippen molar-refractivity contribution >= 4 is 23.2 Å². The van der Waals surface area contributed by atoms with Gasteiger partial charge in [-0.05, 0) is 23.8 Å². The third-order valence-electron chi connectivity index (χ3n) is 2.62. The summed E-state index contributed by atoms with van der Waals surface area (Å²) in [5.74, 6) is 0.893. The Morgan fingerprint density at radius 2 is 1.95 bits per heavy atom. The Hall–Kier alpha value is -1.29. The van der Waals surface area contributed by atoms with Crippen LogP contribution in [-0.4, -0.2) is 11.0 Å². The summed E-state index contributed by atoms with van der Waals surface area (Å²) in [6.07, 6.45) is 1.74. The Labute approximate surface area is 128 Å². The van der Waals surface area contributed by atoms with E-state index in [1.807, 2.05) is 18.2 Å². The Kier molecular flexibility index (Phi) is 5.24. The lowest BCUT2D eigenvalue weighted by atomic mass is 10.2. The summed E-state index contributed by atoms with van der Waals surface area (Å²) >= 11 is 12.2. The summed E-state index contributed by atoms with van der Waals surface area (Å²) in [6.45, 7) is 4.89. The minimum atomic E-state index is 0.355. The van der Waals surface area contributed by atoms with Gasteiger partial charge in [-0.25, -0.2) is 4.98 Å². The molecule has 0 aliphatic carbocycles. The monoisotopic (exact) mass is 310 g/mol. The van der Waals surface area contributed by atoms with Crippen LogP contribution in [-0.2, 0) is 6.54 Å². The fraction of sp³-hybridized carbons (Fsp3) is 0.267. The normalized spacial score (nSPS) is 10.8. The van der Waals surface area contributed by atoms with Gasteiger partial charge in [0.2, 0.25) is 5.88 Å². The number of halogens is 2. The van der Waals surface area contributed by atoms with Crippen molar-refractivity contribution in [2.75, 3.05) is 0 Å². The molecule has 2 rings (SSSR count). The van der Waals surface area contributed by atoms with Gasteiger partial charge in [0.15, 0.2) is 0 Å². The number of rotatable bonds is 5. The molecular weight excluding hydrogens is 295 g/mol. The van der Waals surface area contributed by atoms with E-state index in [0.29, 0.717) is 27.7 Å². The van der Waals surface area contributed by atoms with Gasteiger partial charge in [0.05, 0.1) is 5.02 Å². The topological polar surface area (TPSA) is 34.2 Å². The van der Waals surface area contributed by atoms with Crippen LogP contribution in [0.25, 0.3) is 0 Å². The summed E-state index contributed by atoms with van der Waals surface area (Å²) in [4.78, 5) is 4.24. The third-order valence-corrected chi connectivity index (χ3v) is 3.20. The molecule has 0 atom stereocenters. The highest BCUT2D eigenvalue weighted by Gasteiger charge is 2.08. The van der Waals surface area contributed by atoms with E-state index in [9.17, 15) is 0 Å². The van der Waals surface area contributed by atoms with Crippen molar-refractivity contribution in [1.82, 2.24) is 10.3 Å². The maximum Gasteiger partial charge on any atom is 0.238 e. The molecule has 20 heavy (non-hydrogen) atoms. The van der Waals surface area contributed by atoms with Crippen LogP contribution in [0.1, 0.15) is 19.4 Å². The highest BCUT2D eigenvalue weighted by molar-refractivity contribution is 6.32. The molecule has 1 heterocycles. The van der Waals surface area contributed by atoms with E-state index in [2.05, 4.69) is 24.1 Å². The van der Waals surface area contributed by atoms with E-state index in [-0.39, 0.29) is 0 Å². The average Bonchev–Trinajstić information content (AvgIpc) is 2.41. The maximum atomic E-state index is 6.19. The summed E-state index contributed by atoms with van der Waals surface area (Å²) in [7, 11) is 0. The van der Waals surface area contributed by atoms with Crippen LogP contribution in [0.2, 0.25) is 10.0 Å². The lowest BCUT2D eigenvalue weighted by molar-refractivity contribution is 0.462. The Balaban J connectivity index is 2.12. The van der Waals surface area contributed by atoms with Crippen LogP contribution in [0.3, 0.4) is 0 Å². The zero-order valence-corrected chi connectivity index (χ0v) is 12.9. The second-order valence-corrected chi connectivity index (χ2v) is 5.51. The number of ether oxygens (including phenoxy) is 1. The number of aromatic nitrogens is 1. The molecule has 2 aromatic rings. The van der Waals surface area contributed by atoms with Crippen molar-refractivity contribution in [2.45, 2.75) is 26.4 Å². The molecule has 1 N–H and O–H groups in total. The zero-order valence-electron chi connectivity index (χ0n) is 11.4. The second kappa shape index (κ2) is 6.93. The molecule has 0 bridgehead atoms. The van der Waals surface area contributed by atoms with Crippen LogP contribution in [0.15, 0.2) is 36.5 Å². The molecule has 0 radical (unpaired) electrons. The van der Waals surface area contributed by atoms with Gasteiger partial charge in [-0.15, -0.1) is 0 Å². The molecule has 0 saturated carbocycles. The third kappa shape index (κ3) is 4.10. The van der Waals surface area contributed by atoms with Gasteiger partial charge in [-0.2, -0.15) is 0 Å². The van der Waals surface area contributed by atoms with Crippen molar-refractivity contribution in [1.29, 1.82) is 0 Å². The molecule has 3 nitrogen and oxygen atoms in total. The highest BCUT2D eigenvalue weighted by atomic mass is 35.5. The minimum Gasteiger partial charge on any atom is -0.436 e. The molecule has 5 heteroatoms. The number of pyridine rings is 1. The number of nitrogens with one attached hydrogen (secondary N) is 1. The zero-order chi connectivity index (χ0) is 14.5. The number of hydrogen-bond acceptors (Lipinski definition) is 3. The van der Waals surface area contributed by atoms with Gasteiger partial charge in [-0.3, -0.25) is 0 Å². The second-order valence-electron chi connectivity index (χ2n) is 4.70. The van der Waals surface area contributed by atoms with E-state index in [0.717, 1.165) is 12.1 Å². The summed E-state index contributed by atoms with van der Waals surface area (Å²) in [5, 5.41) is 4.30. The number of nitrogens with zero attached hydrogens (tertiary/aromatic N) is 1. The SMILES string of the molecule is CC(C)NCc1cnc(Oc2ccccc2Cl)c(Cl)c1. The fourth-order valence-electron chi connectivity index (χ4n) is 1.59. The Morgan fingerprint density at radius 3 is 2.60 bits per heavy atom. The molecule has 0 aliphatic rings. The number of hydrogen-bond donors (Lipinski definition) is 1. The van der Waals surface area contributed by atoms with Crippen LogP contribution in [0.5, 0.6) is 11.6 Å². The molecule has 0 aliphatic heterocycles. The number of benzene rings is 1. The molecule has 0 amide bonds. The van der Waals surface area contributed by atoms with Gasteiger partial charge in [0, 0.05) is 18.8 Å². The first-order valence-electron chi connectivity index (χ1n) is 6.36.